The smallest absolute Gasteiger partial charge is 0.335 e. The van der Waals surface area contributed by atoms with Gasteiger partial charge >= 0.3 is 5.97 Å². The number of carbonyl (C=O) groups excluding carboxylic acids is 1. The summed E-state index contributed by atoms with van der Waals surface area (Å²) in [5.41, 5.74) is 0.730. The first kappa shape index (κ1) is 15.5. The number of carbonyl (C=O) groups is 2. The normalized spacial score (nSPS) is 10.2. The Morgan fingerprint density at radius 3 is 2.64 bits per heavy atom. The van der Waals surface area contributed by atoms with Crippen LogP contribution in [0.15, 0.2) is 47.7 Å². The second kappa shape index (κ2) is 6.71. The van der Waals surface area contributed by atoms with Gasteiger partial charge in [0.05, 0.1) is 11.8 Å². The van der Waals surface area contributed by atoms with Crippen molar-refractivity contribution in [2.75, 3.05) is 13.1 Å². The van der Waals surface area contributed by atoms with E-state index in [9.17, 15) is 14.7 Å². The molecule has 2 aromatic rings. The van der Waals surface area contributed by atoms with Gasteiger partial charge in [-0.25, -0.2) is 9.78 Å². The van der Waals surface area contributed by atoms with Crippen molar-refractivity contribution in [1.82, 2.24) is 9.88 Å². The number of likely N-dealkylation sites (N-methyl/N-ethyl adjacent to an activating group) is 1. The van der Waals surface area contributed by atoms with Crippen molar-refractivity contribution in [2.45, 2.75) is 6.92 Å². The van der Waals surface area contributed by atoms with E-state index in [4.69, 9.17) is 4.42 Å². The largest absolute Gasteiger partial charge is 0.478 e. The molecule has 0 atom stereocenters. The Labute approximate surface area is 127 Å². The van der Waals surface area contributed by atoms with Crippen molar-refractivity contribution >= 4 is 11.9 Å². The monoisotopic (exact) mass is 300 g/mol. The maximum absolute atomic E-state index is 12.5. The maximum atomic E-state index is 12.5. The molecule has 114 valence electrons. The zero-order valence-corrected chi connectivity index (χ0v) is 12.2. The Balaban J connectivity index is 2.48. The van der Waals surface area contributed by atoms with Crippen LogP contribution in [0.2, 0.25) is 0 Å². The third-order valence-corrected chi connectivity index (χ3v) is 3.12. The Morgan fingerprint density at radius 2 is 2.09 bits per heavy atom. The topological polar surface area (TPSA) is 83.6 Å². The van der Waals surface area contributed by atoms with E-state index in [1.807, 2.05) is 6.92 Å². The summed E-state index contributed by atoms with van der Waals surface area (Å²) < 4.78 is 5.18. The van der Waals surface area contributed by atoms with Gasteiger partial charge in [0.1, 0.15) is 6.26 Å². The molecule has 1 N–H and O–H groups in total. The van der Waals surface area contributed by atoms with Gasteiger partial charge in [0, 0.05) is 24.2 Å². The first-order valence-electron chi connectivity index (χ1n) is 6.75. The highest BCUT2D eigenvalue weighted by Gasteiger charge is 2.18. The van der Waals surface area contributed by atoms with Crippen LogP contribution in [0.4, 0.5) is 0 Å². The number of carboxylic acid groups (broad SMARTS) is 1. The molecule has 2 rings (SSSR count). The summed E-state index contributed by atoms with van der Waals surface area (Å²) in [4.78, 5) is 29.3. The third kappa shape index (κ3) is 3.22. The summed E-state index contributed by atoms with van der Waals surface area (Å²) in [5.74, 6) is -1.11. The van der Waals surface area contributed by atoms with Crippen molar-refractivity contribution in [3.63, 3.8) is 0 Å². The molecule has 1 aromatic heterocycles. The number of carboxylic acids is 1. The van der Waals surface area contributed by atoms with E-state index in [0.29, 0.717) is 18.7 Å². The summed E-state index contributed by atoms with van der Waals surface area (Å²) in [6, 6.07) is 4.35. The first-order valence-corrected chi connectivity index (χ1v) is 6.75. The SMILES string of the molecule is C=CCN(CC)C(=O)c1cc(C(=O)O)cc(-c2ncco2)c1. The van der Waals surface area contributed by atoms with Crippen LogP contribution in [0.5, 0.6) is 0 Å². The van der Waals surface area contributed by atoms with Gasteiger partial charge in [0.25, 0.3) is 5.91 Å². The van der Waals surface area contributed by atoms with Crippen LogP contribution < -0.4 is 0 Å². The van der Waals surface area contributed by atoms with Gasteiger partial charge < -0.3 is 14.4 Å². The third-order valence-electron chi connectivity index (χ3n) is 3.12. The maximum Gasteiger partial charge on any atom is 0.335 e. The molecule has 0 radical (unpaired) electrons. The van der Waals surface area contributed by atoms with Crippen molar-refractivity contribution < 1.29 is 19.1 Å². The molecule has 0 bridgehead atoms. The molecule has 0 spiro atoms. The summed E-state index contributed by atoms with van der Waals surface area (Å²) in [5, 5.41) is 9.22. The number of aromatic nitrogens is 1. The highest BCUT2D eigenvalue weighted by atomic mass is 16.4. The molecule has 0 saturated heterocycles. The van der Waals surface area contributed by atoms with E-state index in [-0.39, 0.29) is 22.9 Å². The molecule has 0 fully saturated rings. The average Bonchev–Trinajstić information content (AvgIpc) is 3.06. The summed E-state index contributed by atoms with van der Waals surface area (Å²) in [6.07, 6.45) is 4.47. The summed E-state index contributed by atoms with van der Waals surface area (Å²) in [6.45, 7) is 6.35. The van der Waals surface area contributed by atoms with Gasteiger partial charge in [-0.05, 0) is 25.1 Å². The first-order chi connectivity index (χ1) is 10.6. The molecule has 6 heteroatoms. The number of hydrogen-bond acceptors (Lipinski definition) is 4. The molecule has 0 saturated carbocycles. The lowest BCUT2D eigenvalue weighted by atomic mass is 10.0. The predicted octanol–water partition coefficient (Wildman–Crippen LogP) is 2.69. The molecule has 0 aliphatic carbocycles. The summed E-state index contributed by atoms with van der Waals surface area (Å²) in [7, 11) is 0. The van der Waals surface area contributed by atoms with Gasteiger partial charge in [0.2, 0.25) is 5.89 Å². The van der Waals surface area contributed by atoms with Crippen molar-refractivity contribution in [3.8, 4) is 11.5 Å². The van der Waals surface area contributed by atoms with Gasteiger partial charge in [-0.1, -0.05) is 6.08 Å². The fourth-order valence-electron chi connectivity index (χ4n) is 2.06. The van der Waals surface area contributed by atoms with Crippen molar-refractivity contribution in [2.24, 2.45) is 0 Å². The Bertz CT molecular complexity index is 692. The van der Waals surface area contributed by atoms with Gasteiger partial charge in [0.15, 0.2) is 0 Å². The molecule has 0 aliphatic rings. The van der Waals surface area contributed by atoms with E-state index in [1.54, 1.807) is 17.0 Å². The molecule has 6 nitrogen and oxygen atoms in total. The van der Waals surface area contributed by atoms with Gasteiger partial charge in [-0.15, -0.1) is 6.58 Å². The highest BCUT2D eigenvalue weighted by molar-refractivity contribution is 5.99. The zero-order chi connectivity index (χ0) is 16.1. The second-order valence-electron chi connectivity index (χ2n) is 4.57. The quantitative estimate of drug-likeness (QED) is 0.829. The van der Waals surface area contributed by atoms with Crippen molar-refractivity contribution in [3.05, 3.63) is 54.4 Å². The Morgan fingerprint density at radius 1 is 1.36 bits per heavy atom. The molecular formula is C16H16N2O4. The molecule has 1 heterocycles. The molecule has 0 aliphatic heterocycles. The minimum Gasteiger partial charge on any atom is -0.478 e. The minimum atomic E-state index is -1.12. The molecule has 1 amide bonds. The minimum absolute atomic E-state index is 0.00806. The number of benzene rings is 1. The van der Waals surface area contributed by atoms with Gasteiger partial charge in [-0.3, -0.25) is 4.79 Å². The van der Waals surface area contributed by atoms with E-state index >= 15 is 0 Å². The fraction of sp³-hybridized carbons (Fsp3) is 0.188. The van der Waals surface area contributed by atoms with Crippen LogP contribution in [-0.4, -0.2) is 40.0 Å². The molecular weight excluding hydrogens is 284 g/mol. The zero-order valence-electron chi connectivity index (χ0n) is 12.2. The number of nitrogens with zero attached hydrogens (tertiary/aromatic N) is 2. The number of hydrogen-bond donors (Lipinski definition) is 1. The van der Waals surface area contributed by atoms with Crippen LogP contribution >= 0.6 is 0 Å². The molecule has 22 heavy (non-hydrogen) atoms. The number of rotatable bonds is 6. The van der Waals surface area contributed by atoms with Gasteiger partial charge in [-0.2, -0.15) is 0 Å². The summed E-state index contributed by atoms with van der Waals surface area (Å²) >= 11 is 0. The standard InChI is InChI=1S/C16H16N2O4/c1-3-6-18(4-2)15(19)12-8-11(14-17-5-7-22-14)9-13(10-12)16(20)21/h3,5,7-10H,1,4,6H2,2H3,(H,20,21). The Hall–Kier alpha value is -2.89. The number of amides is 1. The van der Waals surface area contributed by atoms with E-state index in [2.05, 4.69) is 11.6 Å². The lowest BCUT2D eigenvalue weighted by Crippen LogP contribution is -2.31. The van der Waals surface area contributed by atoms with Crippen LogP contribution in [0.1, 0.15) is 27.6 Å². The van der Waals surface area contributed by atoms with E-state index in [0.717, 1.165) is 0 Å². The van der Waals surface area contributed by atoms with E-state index in [1.165, 1.54) is 24.6 Å². The van der Waals surface area contributed by atoms with Crippen LogP contribution in [0.3, 0.4) is 0 Å². The molecule has 1 aromatic carbocycles. The lowest BCUT2D eigenvalue weighted by molar-refractivity contribution is 0.0697. The van der Waals surface area contributed by atoms with Crippen molar-refractivity contribution in [1.29, 1.82) is 0 Å². The molecule has 0 unspecified atom stereocenters. The fourth-order valence-corrected chi connectivity index (χ4v) is 2.06. The second-order valence-corrected chi connectivity index (χ2v) is 4.57. The predicted molar refractivity (Wildman–Crippen MR) is 80.7 cm³/mol. The highest BCUT2D eigenvalue weighted by Crippen LogP contribution is 2.22. The average molecular weight is 300 g/mol. The van der Waals surface area contributed by atoms with Crippen LogP contribution in [0.25, 0.3) is 11.5 Å². The van der Waals surface area contributed by atoms with E-state index < -0.39 is 5.97 Å². The van der Waals surface area contributed by atoms with Crippen LogP contribution in [0, 0.1) is 0 Å². The van der Waals surface area contributed by atoms with Crippen LogP contribution in [-0.2, 0) is 0 Å². The number of aromatic carboxylic acids is 1. The lowest BCUT2D eigenvalue weighted by Gasteiger charge is -2.19. The Kier molecular flexibility index (Phi) is 4.73. The number of oxazole rings is 1.